The quantitative estimate of drug-likeness (QED) is 0.779. The molecule has 2 unspecified atom stereocenters. The highest BCUT2D eigenvalue weighted by molar-refractivity contribution is 6.40. The molecular weight excluding hydrogens is 324 g/mol. The molecule has 2 atom stereocenters. The number of carbonyl (C=O) groups is 2. The predicted octanol–water partition coefficient (Wildman–Crippen LogP) is 4.01. The number of fused-ring (bicyclic) bond motifs is 2. The van der Waals surface area contributed by atoms with E-state index >= 15 is 0 Å². The van der Waals surface area contributed by atoms with Crippen LogP contribution in [0.1, 0.15) is 45.6 Å². The molecule has 0 spiro atoms. The lowest BCUT2D eigenvalue weighted by Crippen LogP contribution is -2.43. The topological polar surface area (TPSA) is 49.4 Å². The van der Waals surface area contributed by atoms with Gasteiger partial charge in [0.2, 0.25) is 0 Å². The average Bonchev–Trinajstić information content (AvgIpc) is 2.71. The van der Waals surface area contributed by atoms with Gasteiger partial charge in [-0.3, -0.25) is 9.59 Å². The maximum absolute atomic E-state index is 12.7. The Morgan fingerprint density at radius 1 is 1.25 bits per heavy atom. The molecule has 1 saturated heterocycles. The summed E-state index contributed by atoms with van der Waals surface area (Å²) in [5.74, 6) is -1.00. The molecule has 1 aliphatic carbocycles. The molecule has 2 bridgehead atoms. The molecule has 1 aromatic rings. The maximum Gasteiger partial charge on any atom is 0.313 e. The third kappa shape index (κ3) is 3.30. The minimum absolute atomic E-state index is 0.119. The second-order valence-corrected chi connectivity index (χ2v) is 9.00. The fourth-order valence-corrected chi connectivity index (χ4v) is 4.90. The van der Waals surface area contributed by atoms with Crippen molar-refractivity contribution in [1.29, 1.82) is 0 Å². The monoisotopic (exact) mass is 348 g/mol. The van der Waals surface area contributed by atoms with Gasteiger partial charge in [0.15, 0.2) is 0 Å². The average molecular weight is 349 g/mol. The molecule has 4 nitrogen and oxygen atoms in total. The van der Waals surface area contributed by atoms with Crippen LogP contribution in [-0.4, -0.2) is 29.3 Å². The van der Waals surface area contributed by atoms with Crippen LogP contribution in [-0.2, 0) is 9.59 Å². The first-order valence-corrected chi connectivity index (χ1v) is 8.85. The Balaban J connectivity index is 1.75. The number of rotatable bonds is 1. The molecule has 0 radical (unpaired) electrons. The van der Waals surface area contributed by atoms with Gasteiger partial charge in [-0.05, 0) is 54.7 Å². The van der Waals surface area contributed by atoms with Crippen molar-refractivity contribution in [3.8, 4) is 0 Å². The fraction of sp³-hybridized carbons (Fsp3) is 0.579. The summed E-state index contributed by atoms with van der Waals surface area (Å²) in [4.78, 5) is 27.0. The zero-order valence-electron chi connectivity index (χ0n) is 14.8. The zero-order valence-corrected chi connectivity index (χ0v) is 15.5. The van der Waals surface area contributed by atoms with Gasteiger partial charge in [-0.15, -0.1) is 0 Å². The maximum atomic E-state index is 12.7. The number of aryl methyl sites for hydroxylation is 1. The van der Waals surface area contributed by atoms with E-state index in [-0.39, 0.29) is 16.9 Å². The van der Waals surface area contributed by atoms with Gasteiger partial charge < -0.3 is 10.2 Å². The van der Waals surface area contributed by atoms with E-state index in [1.54, 1.807) is 17.0 Å². The van der Waals surface area contributed by atoms with Crippen LogP contribution in [0.5, 0.6) is 0 Å². The van der Waals surface area contributed by atoms with E-state index in [1.165, 1.54) is 0 Å². The molecule has 1 aliphatic heterocycles. The van der Waals surface area contributed by atoms with Crippen molar-refractivity contribution in [2.75, 3.05) is 11.9 Å². The third-order valence-electron chi connectivity index (χ3n) is 5.32. The van der Waals surface area contributed by atoms with E-state index in [2.05, 4.69) is 26.1 Å². The normalized spacial score (nSPS) is 27.9. The number of halogens is 1. The Bertz CT molecular complexity index is 701. The summed E-state index contributed by atoms with van der Waals surface area (Å²) in [6.07, 6.45) is 3.04. The van der Waals surface area contributed by atoms with Crippen LogP contribution in [0.15, 0.2) is 18.2 Å². The molecule has 3 rings (SSSR count). The summed E-state index contributed by atoms with van der Waals surface area (Å²) in [5, 5.41) is 3.26. The van der Waals surface area contributed by atoms with Gasteiger partial charge in [0.1, 0.15) is 0 Å². The molecule has 2 amide bonds. The van der Waals surface area contributed by atoms with Gasteiger partial charge in [0, 0.05) is 23.3 Å². The van der Waals surface area contributed by atoms with Gasteiger partial charge in [-0.25, -0.2) is 0 Å². The summed E-state index contributed by atoms with van der Waals surface area (Å²) >= 11 is 5.98. The van der Waals surface area contributed by atoms with Crippen molar-refractivity contribution >= 4 is 29.1 Å². The van der Waals surface area contributed by atoms with Gasteiger partial charge >= 0.3 is 11.8 Å². The standard InChI is InChI=1S/C19H25ClN2O2/c1-12-5-6-13(20)7-15(12)21-16(23)17(24)22-11-19(4)9-14(22)8-18(2,3)10-19/h5-7,14H,8-11H2,1-4H3,(H,21,23). The van der Waals surface area contributed by atoms with E-state index in [9.17, 15) is 9.59 Å². The molecule has 130 valence electrons. The Labute approximate surface area is 148 Å². The zero-order chi connectivity index (χ0) is 17.7. The first kappa shape index (κ1) is 17.3. The van der Waals surface area contributed by atoms with Crippen LogP contribution in [0.4, 0.5) is 5.69 Å². The number of nitrogens with zero attached hydrogens (tertiary/aromatic N) is 1. The van der Waals surface area contributed by atoms with Crippen LogP contribution in [0, 0.1) is 17.8 Å². The van der Waals surface area contributed by atoms with Gasteiger partial charge in [0.05, 0.1) is 0 Å². The summed E-state index contributed by atoms with van der Waals surface area (Å²) in [6.45, 7) is 9.28. The summed E-state index contributed by atoms with van der Waals surface area (Å²) in [6, 6.07) is 5.43. The minimum atomic E-state index is -0.575. The second-order valence-electron chi connectivity index (χ2n) is 8.56. The lowest BCUT2D eigenvalue weighted by molar-refractivity contribution is -0.144. The van der Waals surface area contributed by atoms with E-state index < -0.39 is 11.8 Å². The van der Waals surface area contributed by atoms with Gasteiger partial charge in [0.25, 0.3) is 0 Å². The molecule has 1 aromatic carbocycles. The van der Waals surface area contributed by atoms with Crippen molar-refractivity contribution in [2.24, 2.45) is 10.8 Å². The molecule has 2 fully saturated rings. The Morgan fingerprint density at radius 3 is 2.67 bits per heavy atom. The van der Waals surface area contributed by atoms with Crippen molar-refractivity contribution in [3.63, 3.8) is 0 Å². The number of anilines is 1. The van der Waals surface area contributed by atoms with Gasteiger partial charge in [-0.1, -0.05) is 38.4 Å². The molecule has 5 heteroatoms. The summed E-state index contributed by atoms with van der Waals surface area (Å²) in [5.41, 5.74) is 1.81. The summed E-state index contributed by atoms with van der Waals surface area (Å²) < 4.78 is 0. The highest BCUT2D eigenvalue weighted by Crippen LogP contribution is 2.52. The molecule has 0 aromatic heterocycles. The Hall–Kier alpha value is -1.55. The number of hydrogen-bond donors (Lipinski definition) is 1. The molecule has 2 aliphatic rings. The van der Waals surface area contributed by atoms with Gasteiger partial charge in [-0.2, -0.15) is 0 Å². The lowest BCUT2D eigenvalue weighted by Gasteiger charge is -2.39. The van der Waals surface area contributed by atoms with Crippen molar-refractivity contribution in [3.05, 3.63) is 28.8 Å². The van der Waals surface area contributed by atoms with Crippen LogP contribution >= 0.6 is 11.6 Å². The van der Waals surface area contributed by atoms with Crippen LogP contribution in [0.3, 0.4) is 0 Å². The molecule has 1 N–H and O–H groups in total. The highest BCUT2D eigenvalue weighted by Gasteiger charge is 2.51. The SMILES string of the molecule is Cc1ccc(Cl)cc1NC(=O)C(=O)N1CC2(C)CC1CC(C)(C)C2. The smallest absolute Gasteiger partial charge is 0.313 e. The number of nitrogens with one attached hydrogen (secondary N) is 1. The highest BCUT2D eigenvalue weighted by atomic mass is 35.5. The van der Waals surface area contributed by atoms with E-state index in [0.717, 1.165) is 24.8 Å². The van der Waals surface area contributed by atoms with Crippen LogP contribution < -0.4 is 5.32 Å². The number of carbonyl (C=O) groups excluding carboxylic acids is 2. The van der Waals surface area contributed by atoms with E-state index in [0.29, 0.717) is 17.3 Å². The fourth-order valence-electron chi connectivity index (χ4n) is 4.73. The van der Waals surface area contributed by atoms with Crippen molar-refractivity contribution in [1.82, 2.24) is 4.90 Å². The van der Waals surface area contributed by atoms with E-state index in [4.69, 9.17) is 11.6 Å². The van der Waals surface area contributed by atoms with E-state index in [1.807, 2.05) is 13.0 Å². The predicted molar refractivity (Wildman–Crippen MR) is 96.1 cm³/mol. The minimum Gasteiger partial charge on any atom is -0.331 e. The number of amides is 2. The number of benzene rings is 1. The first-order chi connectivity index (χ1) is 11.1. The number of hydrogen-bond acceptors (Lipinski definition) is 2. The molecule has 1 heterocycles. The molecule has 1 saturated carbocycles. The summed E-state index contributed by atoms with van der Waals surface area (Å²) in [7, 11) is 0. The van der Waals surface area contributed by atoms with Crippen LogP contribution in [0.2, 0.25) is 5.02 Å². The Kier molecular flexibility index (Phi) is 4.15. The third-order valence-corrected chi connectivity index (χ3v) is 5.55. The Morgan fingerprint density at radius 2 is 1.96 bits per heavy atom. The molecular formula is C19H25ClN2O2. The second kappa shape index (κ2) is 5.76. The lowest BCUT2D eigenvalue weighted by atomic mass is 9.65. The number of likely N-dealkylation sites (tertiary alicyclic amines) is 1. The largest absolute Gasteiger partial charge is 0.331 e. The van der Waals surface area contributed by atoms with Crippen LogP contribution in [0.25, 0.3) is 0 Å². The van der Waals surface area contributed by atoms with Crippen molar-refractivity contribution < 1.29 is 9.59 Å². The first-order valence-electron chi connectivity index (χ1n) is 8.47. The van der Waals surface area contributed by atoms with Crippen molar-refractivity contribution in [2.45, 2.75) is 53.0 Å². The molecule has 24 heavy (non-hydrogen) atoms.